The second-order valence-electron chi connectivity index (χ2n) is 5.59. The highest BCUT2D eigenvalue weighted by Gasteiger charge is 2.33. The van der Waals surface area contributed by atoms with Crippen molar-refractivity contribution < 1.29 is 15.0 Å². The summed E-state index contributed by atoms with van der Waals surface area (Å²) in [7, 11) is 1.69. The third-order valence-electron chi connectivity index (χ3n) is 3.87. The molecule has 104 valence electrons. The first-order valence-corrected chi connectivity index (χ1v) is 6.69. The summed E-state index contributed by atoms with van der Waals surface area (Å²) < 4.78 is 0. The van der Waals surface area contributed by atoms with E-state index < -0.39 is 5.60 Å². The summed E-state index contributed by atoms with van der Waals surface area (Å²) in [5, 5.41) is 20.0. The molecule has 0 atom stereocenters. The van der Waals surface area contributed by atoms with Gasteiger partial charge in [-0.3, -0.25) is 4.79 Å². The molecule has 0 unspecified atom stereocenters. The van der Waals surface area contributed by atoms with Crippen molar-refractivity contribution >= 4 is 5.91 Å². The van der Waals surface area contributed by atoms with Crippen LogP contribution in [0.15, 0.2) is 18.2 Å². The lowest BCUT2D eigenvalue weighted by Gasteiger charge is -2.28. The first kappa shape index (κ1) is 13.9. The van der Waals surface area contributed by atoms with Crippen LogP contribution >= 0.6 is 0 Å². The minimum Gasteiger partial charge on any atom is -0.508 e. The molecule has 0 spiro atoms. The van der Waals surface area contributed by atoms with E-state index in [1.165, 1.54) is 11.0 Å². The number of nitrogens with zero attached hydrogens (tertiary/aromatic N) is 1. The highest BCUT2D eigenvalue weighted by atomic mass is 16.3. The quantitative estimate of drug-likeness (QED) is 0.877. The molecule has 1 aliphatic carbocycles. The standard InChI is InChI=1S/C15H21NO3/c1-11-5-6-12(9-13(11)17)14(18)16(2)10-15(19)7-3-4-8-15/h5-6,9,17,19H,3-4,7-8,10H2,1-2H3. The number of phenolic OH excluding ortho intramolecular Hbond substituents is 1. The highest BCUT2D eigenvalue weighted by Crippen LogP contribution is 2.30. The molecule has 1 saturated carbocycles. The third-order valence-corrected chi connectivity index (χ3v) is 3.87. The Kier molecular flexibility index (Phi) is 3.80. The van der Waals surface area contributed by atoms with E-state index in [1.54, 1.807) is 26.1 Å². The molecule has 0 saturated heterocycles. The number of amides is 1. The van der Waals surface area contributed by atoms with E-state index >= 15 is 0 Å². The van der Waals surface area contributed by atoms with Crippen LogP contribution in [0.2, 0.25) is 0 Å². The predicted octanol–water partition coefficient (Wildman–Crippen LogP) is 2.08. The second-order valence-corrected chi connectivity index (χ2v) is 5.59. The molecule has 1 aromatic carbocycles. The maximum atomic E-state index is 12.2. The second kappa shape index (κ2) is 5.21. The molecule has 4 nitrogen and oxygen atoms in total. The SMILES string of the molecule is Cc1ccc(C(=O)N(C)CC2(O)CCCC2)cc1O. The van der Waals surface area contributed by atoms with Gasteiger partial charge in [-0.1, -0.05) is 18.9 Å². The molecule has 0 radical (unpaired) electrons. The minimum atomic E-state index is -0.739. The summed E-state index contributed by atoms with van der Waals surface area (Å²) in [6.45, 7) is 2.13. The van der Waals surface area contributed by atoms with Gasteiger partial charge in [0.25, 0.3) is 5.91 Å². The zero-order valence-corrected chi connectivity index (χ0v) is 11.5. The Morgan fingerprint density at radius 2 is 2.00 bits per heavy atom. The number of aromatic hydroxyl groups is 1. The monoisotopic (exact) mass is 263 g/mol. The summed E-state index contributed by atoms with van der Waals surface area (Å²) in [5.74, 6) is -0.0468. The Labute approximate surface area is 113 Å². The highest BCUT2D eigenvalue weighted by molar-refractivity contribution is 5.94. The van der Waals surface area contributed by atoms with Gasteiger partial charge in [-0.25, -0.2) is 0 Å². The first-order chi connectivity index (χ1) is 8.91. The number of rotatable bonds is 3. The molecule has 19 heavy (non-hydrogen) atoms. The molecule has 1 aromatic rings. The lowest BCUT2D eigenvalue weighted by molar-refractivity contribution is 0.0156. The van der Waals surface area contributed by atoms with Crippen LogP contribution in [0.4, 0.5) is 0 Å². The van der Waals surface area contributed by atoms with Gasteiger partial charge in [-0.05, 0) is 37.5 Å². The van der Waals surface area contributed by atoms with E-state index in [0.717, 1.165) is 31.2 Å². The van der Waals surface area contributed by atoms with Gasteiger partial charge in [0, 0.05) is 19.2 Å². The smallest absolute Gasteiger partial charge is 0.253 e. The van der Waals surface area contributed by atoms with Gasteiger partial charge in [0.05, 0.1) is 5.60 Å². The summed E-state index contributed by atoms with van der Waals surface area (Å²) in [6.07, 6.45) is 3.54. The average Bonchev–Trinajstić information content (AvgIpc) is 2.78. The van der Waals surface area contributed by atoms with E-state index in [9.17, 15) is 15.0 Å². The van der Waals surface area contributed by atoms with Gasteiger partial charge in [-0.15, -0.1) is 0 Å². The van der Waals surface area contributed by atoms with E-state index in [0.29, 0.717) is 12.1 Å². The topological polar surface area (TPSA) is 60.8 Å². The third kappa shape index (κ3) is 3.07. The van der Waals surface area contributed by atoms with E-state index in [2.05, 4.69) is 0 Å². The molecule has 0 aliphatic heterocycles. The summed E-state index contributed by atoms with van der Waals surface area (Å²) in [4.78, 5) is 13.8. The summed E-state index contributed by atoms with van der Waals surface area (Å²) in [6, 6.07) is 4.90. The van der Waals surface area contributed by atoms with Gasteiger partial charge >= 0.3 is 0 Å². The van der Waals surface area contributed by atoms with Crippen LogP contribution in [0.5, 0.6) is 5.75 Å². The van der Waals surface area contributed by atoms with Crippen molar-refractivity contribution in [1.82, 2.24) is 4.90 Å². The number of hydrogen-bond acceptors (Lipinski definition) is 3. The normalized spacial score (nSPS) is 17.4. The van der Waals surface area contributed by atoms with Crippen molar-refractivity contribution in [2.75, 3.05) is 13.6 Å². The van der Waals surface area contributed by atoms with Crippen LogP contribution < -0.4 is 0 Å². The van der Waals surface area contributed by atoms with Crippen LogP contribution in [-0.4, -0.2) is 40.2 Å². The van der Waals surface area contributed by atoms with Crippen molar-refractivity contribution in [3.63, 3.8) is 0 Å². The fraction of sp³-hybridized carbons (Fsp3) is 0.533. The Morgan fingerprint density at radius 1 is 1.37 bits per heavy atom. The largest absolute Gasteiger partial charge is 0.508 e. The lowest BCUT2D eigenvalue weighted by atomic mass is 10.0. The van der Waals surface area contributed by atoms with Gasteiger partial charge in [0.1, 0.15) is 5.75 Å². The molecule has 0 aromatic heterocycles. The fourth-order valence-corrected chi connectivity index (χ4v) is 2.67. The predicted molar refractivity (Wildman–Crippen MR) is 73.2 cm³/mol. The van der Waals surface area contributed by atoms with E-state index in [-0.39, 0.29) is 11.7 Å². The minimum absolute atomic E-state index is 0.124. The number of phenols is 1. The molecule has 2 rings (SSSR count). The Balaban J connectivity index is 2.08. The van der Waals surface area contributed by atoms with Gasteiger partial charge in [0.2, 0.25) is 0 Å². The van der Waals surface area contributed by atoms with E-state index in [1.807, 2.05) is 0 Å². The van der Waals surface area contributed by atoms with Crippen LogP contribution in [-0.2, 0) is 0 Å². The lowest BCUT2D eigenvalue weighted by Crippen LogP contribution is -2.42. The van der Waals surface area contributed by atoms with Crippen molar-refractivity contribution in [2.24, 2.45) is 0 Å². The maximum Gasteiger partial charge on any atom is 0.253 e. The molecule has 1 aliphatic rings. The molecule has 0 heterocycles. The maximum absolute atomic E-state index is 12.2. The van der Waals surface area contributed by atoms with Crippen LogP contribution in [0.25, 0.3) is 0 Å². The Hall–Kier alpha value is -1.55. The van der Waals surface area contributed by atoms with Crippen LogP contribution in [0.3, 0.4) is 0 Å². The summed E-state index contributed by atoms with van der Waals surface area (Å²) >= 11 is 0. The zero-order chi connectivity index (χ0) is 14.0. The van der Waals surface area contributed by atoms with Crippen molar-refractivity contribution in [3.05, 3.63) is 29.3 Å². The molecule has 2 N–H and O–H groups in total. The van der Waals surface area contributed by atoms with Gasteiger partial charge in [0.15, 0.2) is 0 Å². The number of carbonyl (C=O) groups excluding carboxylic acids is 1. The molecule has 4 heteroatoms. The Morgan fingerprint density at radius 3 is 2.58 bits per heavy atom. The number of carbonyl (C=O) groups is 1. The number of benzene rings is 1. The molecular formula is C15H21NO3. The van der Waals surface area contributed by atoms with Gasteiger partial charge in [-0.2, -0.15) is 0 Å². The van der Waals surface area contributed by atoms with Crippen molar-refractivity contribution in [1.29, 1.82) is 0 Å². The zero-order valence-electron chi connectivity index (χ0n) is 11.5. The van der Waals surface area contributed by atoms with Crippen molar-refractivity contribution in [3.8, 4) is 5.75 Å². The molecular weight excluding hydrogens is 242 g/mol. The fourth-order valence-electron chi connectivity index (χ4n) is 2.67. The van der Waals surface area contributed by atoms with Crippen LogP contribution in [0.1, 0.15) is 41.6 Å². The van der Waals surface area contributed by atoms with Gasteiger partial charge < -0.3 is 15.1 Å². The van der Waals surface area contributed by atoms with E-state index in [4.69, 9.17) is 0 Å². The Bertz CT molecular complexity index is 478. The number of aryl methyl sites for hydroxylation is 1. The first-order valence-electron chi connectivity index (χ1n) is 6.69. The summed E-state index contributed by atoms with van der Waals surface area (Å²) in [5.41, 5.74) is 0.456. The average molecular weight is 263 g/mol. The number of aliphatic hydroxyl groups is 1. The molecule has 1 fully saturated rings. The van der Waals surface area contributed by atoms with Crippen LogP contribution in [0, 0.1) is 6.92 Å². The number of hydrogen-bond donors (Lipinski definition) is 2. The molecule has 0 bridgehead atoms. The number of likely N-dealkylation sites (N-methyl/N-ethyl adjacent to an activating group) is 1. The van der Waals surface area contributed by atoms with Crippen molar-refractivity contribution in [2.45, 2.75) is 38.2 Å². The molecule has 1 amide bonds.